The predicted molar refractivity (Wildman–Crippen MR) is 78.5 cm³/mol. The zero-order chi connectivity index (χ0) is 13.5. The maximum Gasteiger partial charge on any atom is 0.0608 e. The van der Waals surface area contributed by atoms with Crippen molar-refractivity contribution in [1.82, 2.24) is 10.3 Å². The van der Waals surface area contributed by atoms with E-state index in [1.165, 1.54) is 11.3 Å². The van der Waals surface area contributed by atoms with Gasteiger partial charge in [-0.2, -0.15) is 0 Å². The van der Waals surface area contributed by atoms with Crippen LogP contribution in [0, 0.1) is 0 Å². The Kier molecular flexibility index (Phi) is 5.61. The summed E-state index contributed by atoms with van der Waals surface area (Å²) >= 11 is 0. The van der Waals surface area contributed by atoms with Gasteiger partial charge < -0.3 is 15.0 Å². The third kappa shape index (κ3) is 3.91. The fourth-order valence-corrected chi connectivity index (χ4v) is 2.62. The van der Waals surface area contributed by atoms with E-state index in [0.717, 1.165) is 45.6 Å². The van der Waals surface area contributed by atoms with Crippen molar-refractivity contribution >= 4 is 5.69 Å². The minimum Gasteiger partial charge on any atom is -0.378 e. The van der Waals surface area contributed by atoms with E-state index in [-0.39, 0.29) is 0 Å². The van der Waals surface area contributed by atoms with E-state index < -0.39 is 0 Å². The SMILES string of the molecule is CCNCc1cnccc1N1CCC(OCC)CC1. The number of hydrogen-bond acceptors (Lipinski definition) is 4. The number of nitrogens with zero attached hydrogens (tertiary/aromatic N) is 2. The minimum atomic E-state index is 0.445. The molecule has 0 aliphatic carbocycles. The molecule has 0 aromatic carbocycles. The van der Waals surface area contributed by atoms with Crippen LogP contribution >= 0.6 is 0 Å². The molecule has 1 saturated heterocycles. The lowest BCUT2D eigenvalue weighted by atomic mass is 10.1. The summed E-state index contributed by atoms with van der Waals surface area (Å²) in [6, 6.07) is 2.13. The van der Waals surface area contributed by atoms with E-state index in [9.17, 15) is 0 Å². The Hall–Kier alpha value is -1.13. The van der Waals surface area contributed by atoms with Crippen LogP contribution in [0.2, 0.25) is 0 Å². The monoisotopic (exact) mass is 263 g/mol. The van der Waals surface area contributed by atoms with E-state index in [1.54, 1.807) is 0 Å². The van der Waals surface area contributed by atoms with Gasteiger partial charge in [-0.05, 0) is 32.4 Å². The molecular weight excluding hydrogens is 238 g/mol. The van der Waals surface area contributed by atoms with Crippen LogP contribution in [0.5, 0.6) is 0 Å². The van der Waals surface area contributed by atoms with Gasteiger partial charge in [-0.15, -0.1) is 0 Å². The maximum absolute atomic E-state index is 5.71. The molecule has 0 atom stereocenters. The maximum atomic E-state index is 5.71. The molecule has 0 unspecified atom stereocenters. The molecule has 4 nitrogen and oxygen atoms in total. The molecule has 1 fully saturated rings. The lowest BCUT2D eigenvalue weighted by Crippen LogP contribution is -2.37. The number of aromatic nitrogens is 1. The van der Waals surface area contributed by atoms with Gasteiger partial charge in [0.1, 0.15) is 0 Å². The fraction of sp³-hybridized carbons (Fsp3) is 0.667. The van der Waals surface area contributed by atoms with Crippen LogP contribution in [-0.2, 0) is 11.3 Å². The first-order valence-corrected chi connectivity index (χ1v) is 7.35. The third-order valence-electron chi connectivity index (χ3n) is 3.63. The molecule has 1 aromatic rings. The molecule has 1 aliphatic rings. The second-order valence-electron chi connectivity index (χ2n) is 4.93. The van der Waals surface area contributed by atoms with E-state index in [0.29, 0.717) is 6.10 Å². The predicted octanol–water partition coefficient (Wildman–Crippen LogP) is 2.20. The van der Waals surface area contributed by atoms with E-state index in [1.807, 2.05) is 12.4 Å². The van der Waals surface area contributed by atoms with Crippen molar-refractivity contribution < 1.29 is 4.74 Å². The number of pyridine rings is 1. The molecule has 0 saturated carbocycles. The Morgan fingerprint density at radius 2 is 2.16 bits per heavy atom. The van der Waals surface area contributed by atoms with Gasteiger partial charge in [-0.1, -0.05) is 6.92 Å². The van der Waals surface area contributed by atoms with Gasteiger partial charge >= 0.3 is 0 Å². The first-order valence-electron chi connectivity index (χ1n) is 7.35. The molecule has 2 heterocycles. The van der Waals surface area contributed by atoms with Crippen molar-refractivity contribution in [2.75, 3.05) is 31.1 Å². The van der Waals surface area contributed by atoms with Gasteiger partial charge in [-0.25, -0.2) is 0 Å². The zero-order valence-corrected chi connectivity index (χ0v) is 12.1. The Morgan fingerprint density at radius 3 is 2.84 bits per heavy atom. The molecule has 2 rings (SSSR count). The normalized spacial score (nSPS) is 16.8. The van der Waals surface area contributed by atoms with Crippen molar-refractivity contribution in [3.8, 4) is 0 Å². The molecule has 1 aliphatic heterocycles. The third-order valence-corrected chi connectivity index (χ3v) is 3.63. The van der Waals surface area contributed by atoms with Crippen LogP contribution in [0.15, 0.2) is 18.5 Å². The van der Waals surface area contributed by atoms with Crippen LogP contribution in [-0.4, -0.2) is 37.3 Å². The lowest BCUT2D eigenvalue weighted by Gasteiger charge is -2.34. The summed E-state index contributed by atoms with van der Waals surface area (Å²) in [6.07, 6.45) is 6.56. The summed E-state index contributed by atoms with van der Waals surface area (Å²) in [4.78, 5) is 6.71. The summed E-state index contributed by atoms with van der Waals surface area (Å²) in [6.45, 7) is 9.06. The number of nitrogens with one attached hydrogen (secondary N) is 1. The van der Waals surface area contributed by atoms with Gasteiger partial charge in [0.05, 0.1) is 6.10 Å². The second-order valence-corrected chi connectivity index (χ2v) is 4.93. The Morgan fingerprint density at radius 1 is 1.37 bits per heavy atom. The summed E-state index contributed by atoms with van der Waals surface area (Å²) in [5, 5.41) is 3.38. The number of piperidine rings is 1. The Labute approximate surface area is 116 Å². The van der Waals surface area contributed by atoms with Gasteiger partial charge in [0, 0.05) is 49.9 Å². The topological polar surface area (TPSA) is 37.4 Å². The average Bonchev–Trinajstić information content (AvgIpc) is 2.47. The molecule has 0 radical (unpaired) electrons. The number of ether oxygens (including phenoxy) is 1. The van der Waals surface area contributed by atoms with Crippen molar-refractivity contribution in [2.24, 2.45) is 0 Å². The first-order chi connectivity index (χ1) is 9.35. The van der Waals surface area contributed by atoms with Crippen molar-refractivity contribution in [3.05, 3.63) is 24.0 Å². The van der Waals surface area contributed by atoms with Crippen molar-refractivity contribution in [3.63, 3.8) is 0 Å². The Bertz CT molecular complexity index is 375. The molecule has 4 heteroatoms. The summed E-state index contributed by atoms with van der Waals surface area (Å²) < 4.78 is 5.71. The molecule has 1 N–H and O–H groups in total. The molecular formula is C15H25N3O. The van der Waals surface area contributed by atoms with Crippen LogP contribution in [0.3, 0.4) is 0 Å². The van der Waals surface area contributed by atoms with Gasteiger partial charge in [-0.3, -0.25) is 4.98 Å². The van der Waals surface area contributed by atoms with E-state index in [4.69, 9.17) is 4.74 Å². The Balaban J connectivity index is 1.98. The van der Waals surface area contributed by atoms with Crippen LogP contribution < -0.4 is 10.2 Å². The highest BCUT2D eigenvalue weighted by molar-refractivity contribution is 5.52. The molecule has 19 heavy (non-hydrogen) atoms. The van der Waals surface area contributed by atoms with Crippen molar-refractivity contribution in [1.29, 1.82) is 0 Å². The molecule has 0 bridgehead atoms. The van der Waals surface area contributed by atoms with E-state index in [2.05, 4.69) is 35.1 Å². The van der Waals surface area contributed by atoms with E-state index >= 15 is 0 Å². The van der Waals surface area contributed by atoms with Crippen LogP contribution in [0.4, 0.5) is 5.69 Å². The van der Waals surface area contributed by atoms with Gasteiger partial charge in [0.25, 0.3) is 0 Å². The zero-order valence-electron chi connectivity index (χ0n) is 12.1. The molecule has 106 valence electrons. The molecule has 1 aromatic heterocycles. The summed E-state index contributed by atoms with van der Waals surface area (Å²) in [5.41, 5.74) is 2.62. The summed E-state index contributed by atoms with van der Waals surface area (Å²) in [5.74, 6) is 0. The minimum absolute atomic E-state index is 0.445. The lowest BCUT2D eigenvalue weighted by molar-refractivity contribution is 0.0459. The van der Waals surface area contributed by atoms with Gasteiger partial charge in [0.2, 0.25) is 0 Å². The molecule has 0 amide bonds. The standard InChI is InChI=1S/C15H25N3O/c1-3-16-11-13-12-17-8-5-15(13)18-9-6-14(7-10-18)19-4-2/h5,8,12,14,16H,3-4,6-7,9-11H2,1-2H3. The average molecular weight is 263 g/mol. The van der Waals surface area contributed by atoms with Crippen LogP contribution in [0.1, 0.15) is 32.3 Å². The second kappa shape index (κ2) is 7.46. The highest BCUT2D eigenvalue weighted by Gasteiger charge is 2.20. The number of hydrogen-bond donors (Lipinski definition) is 1. The highest BCUT2D eigenvalue weighted by atomic mass is 16.5. The van der Waals surface area contributed by atoms with Gasteiger partial charge in [0.15, 0.2) is 0 Å². The summed E-state index contributed by atoms with van der Waals surface area (Å²) in [7, 11) is 0. The van der Waals surface area contributed by atoms with Crippen molar-refractivity contribution in [2.45, 2.75) is 39.3 Å². The number of rotatable bonds is 6. The smallest absolute Gasteiger partial charge is 0.0608 e. The first kappa shape index (κ1) is 14.3. The fourth-order valence-electron chi connectivity index (χ4n) is 2.62. The highest BCUT2D eigenvalue weighted by Crippen LogP contribution is 2.24. The molecule has 0 spiro atoms. The number of anilines is 1. The largest absolute Gasteiger partial charge is 0.378 e. The van der Waals surface area contributed by atoms with Crippen LogP contribution in [0.25, 0.3) is 0 Å². The quantitative estimate of drug-likeness (QED) is 0.854.